The topological polar surface area (TPSA) is 46.2 Å². The third-order valence-corrected chi connectivity index (χ3v) is 5.41. The summed E-state index contributed by atoms with van der Waals surface area (Å²) in [4.78, 5) is 0. The lowest BCUT2D eigenvalue weighted by molar-refractivity contribution is 0.357. The van der Waals surface area contributed by atoms with E-state index in [0.717, 1.165) is 25.0 Å². The van der Waals surface area contributed by atoms with Gasteiger partial charge < -0.3 is 0 Å². The van der Waals surface area contributed by atoms with Crippen LogP contribution in [0.5, 0.6) is 0 Å². The fourth-order valence-electron chi connectivity index (χ4n) is 2.28. The number of sulfonamides is 1. The molecule has 0 heterocycles. The Labute approximate surface area is 118 Å². The van der Waals surface area contributed by atoms with Gasteiger partial charge in [-0.25, -0.2) is 21.9 Å². The van der Waals surface area contributed by atoms with Crippen LogP contribution in [0.4, 0.5) is 8.78 Å². The maximum atomic E-state index is 13.5. The number of hydrogen-bond donors (Lipinski definition) is 1. The van der Waals surface area contributed by atoms with E-state index in [1.54, 1.807) is 0 Å². The van der Waals surface area contributed by atoms with Crippen LogP contribution in [0.1, 0.15) is 32.3 Å². The van der Waals surface area contributed by atoms with Gasteiger partial charge in [-0.15, -0.1) is 0 Å². The zero-order chi connectivity index (χ0) is 15.0. The van der Waals surface area contributed by atoms with Gasteiger partial charge >= 0.3 is 0 Å². The number of benzene rings is 1. The Kier molecular flexibility index (Phi) is 4.16. The van der Waals surface area contributed by atoms with Crippen molar-refractivity contribution in [1.82, 2.24) is 4.72 Å². The van der Waals surface area contributed by atoms with Gasteiger partial charge in [0.25, 0.3) is 0 Å². The zero-order valence-corrected chi connectivity index (χ0v) is 12.4. The lowest BCUT2D eigenvalue weighted by atomic mass is 9.93. The maximum absolute atomic E-state index is 13.5. The molecule has 20 heavy (non-hydrogen) atoms. The van der Waals surface area contributed by atoms with E-state index in [9.17, 15) is 17.2 Å². The van der Waals surface area contributed by atoms with Crippen molar-refractivity contribution in [1.29, 1.82) is 0 Å². The van der Waals surface area contributed by atoms with E-state index >= 15 is 0 Å². The van der Waals surface area contributed by atoms with Crippen molar-refractivity contribution in [3.63, 3.8) is 0 Å². The predicted octanol–water partition coefficient (Wildman–Crippen LogP) is 2.82. The van der Waals surface area contributed by atoms with Gasteiger partial charge in [-0.05, 0) is 36.3 Å². The van der Waals surface area contributed by atoms with Crippen LogP contribution in [0.2, 0.25) is 0 Å². The van der Waals surface area contributed by atoms with Crippen molar-refractivity contribution in [2.24, 2.45) is 11.3 Å². The first-order chi connectivity index (χ1) is 9.26. The summed E-state index contributed by atoms with van der Waals surface area (Å²) in [6.07, 6.45) is 1.97. The minimum Gasteiger partial charge on any atom is -0.214 e. The molecule has 1 aliphatic rings. The highest BCUT2D eigenvalue weighted by Gasteiger charge is 2.45. The molecule has 1 aromatic carbocycles. The van der Waals surface area contributed by atoms with Gasteiger partial charge in [0.15, 0.2) is 0 Å². The number of hydrogen-bond acceptors (Lipinski definition) is 2. The molecule has 0 bridgehead atoms. The normalized spacial score (nSPS) is 17.4. The summed E-state index contributed by atoms with van der Waals surface area (Å²) >= 11 is 0. The first kappa shape index (κ1) is 15.4. The Morgan fingerprint density at radius 3 is 2.25 bits per heavy atom. The Hall–Kier alpha value is -1.01. The van der Waals surface area contributed by atoms with Crippen LogP contribution in [0, 0.1) is 23.0 Å². The molecule has 1 aliphatic carbocycles. The van der Waals surface area contributed by atoms with Crippen LogP contribution in [0.15, 0.2) is 18.2 Å². The average molecular weight is 303 g/mol. The maximum Gasteiger partial charge on any atom is 0.216 e. The molecule has 1 N–H and O–H groups in total. The molecule has 0 radical (unpaired) electrons. The highest BCUT2D eigenvalue weighted by molar-refractivity contribution is 7.88. The summed E-state index contributed by atoms with van der Waals surface area (Å²) in [6.45, 7) is 4.44. The Morgan fingerprint density at radius 2 is 1.80 bits per heavy atom. The molecule has 112 valence electrons. The largest absolute Gasteiger partial charge is 0.216 e. The van der Waals surface area contributed by atoms with Gasteiger partial charge in [-0.2, -0.15) is 0 Å². The average Bonchev–Trinajstić information content (AvgIpc) is 3.13. The number of rotatable bonds is 6. The standard InChI is InChI=1S/C14H19F2NO2S/c1-10(2)14(6-7-14)9-17-20(18,19)8-11-12(15)4-3-5-13(11)16/h3-5,10,17H,6-9H2,1-2H3. The third kappa shape index (κ3) is 3.35. The molecule has 1 saturated carbocycles. The van der Waals surface area contributed by atoms with Gasteiger partial charge in [-0.3, -0.25) is 0 Å². The molecule has 0 amide bonds. The smallest absolute Gasteiger partial charge is 0.214 e. The molecular formula is C14H19F2NO2S. The highest BCUT2D eigenvalue weighted by Crippen LogP contribution is 2.51. The summed E-state index contributed by atoms with van der Waals surface area (Å²) in [7, 11) is -3.74. The van der Waals surface area contributed by atoms with E-state index in [-0.39, 0.29) is 5.41 Å². The first-order valence-electron chi connectivity index (χ1n) is 6.66. The van der Waals surface area contributed by atoms with Crippen LogP contribution in [-0.4, -0.2) is 15.0 Å². The fourth-order valence-corrected chi connectivity index (χ4v) is 3.55. The molecule has 6 heteroatoms. The van der Waals surface area contributed by atoms with Gasteiger partial charge in [-0.1, -0.05) is 19.9 Å². The Morgan fingerprint density at radius 1 is 1.25 bits per heavy atom. The minimum atomic E-state index is -3.74. The molecule has 0 saturated heterocycles. The summed E-state index contributed by atoms with van der Waals surface area (Å²) in [5.41, 5.74) is -0.393. The molecule has 3 nitrogen and oxygen atoms in total. The van der Waals surface area contributed by atoms with Crippen LogP contribution >= 0.6 is 0 Å². The Balaban J connectivity index is 2.05. The van der Waals surface area contributed by atoms with Crippen LogP contribution < -0.4 is 4.72 Å². The molecule has 0 aliphatic heterocycles. The quantitative estimate of drug-likeness (QED) is 0.878. The van der Waals surface area contributed by atoms with E-state index in [2.05, 4.69) is 18.6 Å². The van der Waals surface area contributed by atoms with Crippen molar-refractivity contribution in [3.8, 4) is 0 Å². The lowest BCUT2D eigenvalue weighted by Crippen LogP contribution is -2.33. The van der Waals surface area contributed by atoms with Crippen LogP contribution in [0.25, 0.3) is 0 Å². The molecule has 2 rings (SSSR count). The van der Waals surface area contributed by atoms with Gasteiger partial charge in [0, 0.05) is 12.1 Å². The Bertz CT molecular complexity index is 575. The van der Waals surface area contributed by atoms with Crippen molar-refractivity contribution in [2.75, 3.05) is 6.54 Å². The lowest BCUT2D eigenvalue weighted by Gasteiger charge is -2.20. The van der Waals surface area contributed by atoms with Gasteiger partial charge in [0.05, 0.1) is 5.75 Å². The van der Waals surface area contributed by atoms with Crippen molar-refractivity contribution in [2.45, 2.75) is 32.4 Å². The summed E-state index contributed by atoms with van der Waals surface area (Å²) in [5, 5.41) is 0. The highest BCUT2D eigenvalue weighted by atomic mass is 32.2. The van der Waals surface area contributed by atoms with E-state index in [0.29, 0.717) is 12.5 Å². The molecule has 0 aromatic heterocycles. The van der Waals surface area contributed by atoms with Crippen molar-refractivity contribution >= 4 is 10.0 Å². The van der Waals surface area contributed by atoms with Crippen LogP contribution in [0.3, 0.4) is 0 Å². The molecular weight excluding hydrogens is 284 g/mol. The van der Waals surface area contributed by atoms with E-state index in [4.69, 9.17) is 0 Å². The fraction of sp³-hybridized carbons (Fsp3) is 0.571. The summed E-state index contributed by atoms with van der Waals surface area (Å²) in [5.74, 6) is -1.95. The van der Waals surface area contributed by atoms with E-state index in [1.807, 2.05) is 0 Å². The second-order valence-corrected chi connectivity index (χ2v) is 7.60. The number of halogens is 2. The summed E-state index contributed by atoms with van der Waals surface area (Å²) < 4.78 is 53.3. The predicted molar refractivity (Wildman–Crippen MR) is 73.5 cm³/mol. The number of nitrogens with one attached hydrogen (secondary N) is 1. The molecule has 1 aromatic rings. The molecule has 0 atom stereocenters. The van der Waals surface area contributed by atoms with E-state index in [1.165, 1.54) is 6.07 Å². The molecule has 1 fully saturated rings. The minimum absolute atomic E-state index is 0.0147. The van der Waals surface area contributed by atoms with Crippen molar-refractivity contribution < 1.29 is 17.2 Å². The summed E-state index contributed by atoms with van der Waals surface area (Å²) in [6, 6.07) is 3.33. The van der Waals surface area contributed by atoms with Gasteiger partial charge in [0.2, 0.25) is 10.0 Å². The SMILES string of the molecule is CC(C)C1(CNS(=O)(=O)Cc2c(F)cccc2F)CC1. The third-order valence-electron chi connectivity index (χ3n) is 4.16. The van der Waals surface area contributed by atoms with E-state index < -0.39 is 33.0 Å². The zero-order valence-electron chi connectivity index (χ0n) is 11.6. The monoisotopic (exact) mass is 303 g/mol. The molecule has 0 spiro atoms. The van der Waals surface area contributed by atoms with Crippen LogP contribution in [-0.2, 0) is 15.8 Å². The second-order valence-electron chi connectivity index (χ2n) is 5.80. The van der Waals surface area contributed by atoms with Crippen molar-refractivity contribution in [3.05, 3.63) is 35.4 Å². The first-order valence-corrected chi connectivity index (χ1v) is 8.31. The van der Waals surface area contributed by atoms with Gasteiger partial charge in [0.1, 0.15) is 11.6 Å². The molecule has 0 unspecified atom stereocenters. The second kappa shape index (κ2) is 5.41.